The van der Waals surface area contributed by atoms with E-state index >= 15 is 0 Å². The maximum Gasteiger partial charge on any atom is 0.410 e. The Labute approximate surface area is 254 Å². The molecular formula is C30H37N5O7S. The van der Waals surface area contributed by atoms with Crippen LogP contribution < -0.4 is 10.6 Å². The van der Waals surface area contributed by atoms with Gasteiger partial charge in [-0.25, -0.2) is 9.59 Å². The molecule has 0 spiro atoms. The first-order chi connectivity index (χ1) is 20.6. The Bertz CT molecular complexity index is 1390. The number of rotatable bonds is 12. The molecule has 3 atom stereocenters. The third-order valence-electron chi connectivity index (χ3n) is 7.21. The Morgan fingerprint density at radius 2 is 1.91 bits per heavy atom. The molecule has 3 heterocycles. The second-order valence-corrected chi connectivity index (χ2v) is 12.1. The maximum absolute atomic E-state index is 13.0. The largest absolute Gasteiger partial charge is 0.444 e. The zero-order chi connectivity index (χ0) is 31.0. The van der Waals surface area contributed by atoms with Crippen molar-refractivity contribution in [3.8, 4) is 10.8 Å². The van der Waals surface area contributed by atoms with Gasteiger partial charge in [0.15, 0.2) is 6.61 Å². The van der Waals surface area contributed by atoms with Crippen LogP contribution in [0.1, 0.15) is 64.4 Å². The normalized spacial score (nSPS) is 17.1. The van der Waals surface area contributed by atoms with E-state index in [9.17, 15) is 19.2 Å². The minimum atomic E-state index is -1.05. The van der Waals surface area contributed by atoms with E-state index in [1.165, 1.54) is 16.2 Å². The molecule has 230 valence electrons. The van der Waals surface area contributed by atoms with Gasteiger partial charge in [-0.15, -0.1) is 11.3 Å². The third kappa shape index (κ3) is 8.40. The highest BCUT2D eigenvalue weighted by molar-refractivity contribution is 7.13. The Balaban J connectivity index is 1.30. The van der Waals surface area contributed by atoms with E-state index in [-0.39, 0.29) is 38.0 Å². The van der Waals surface area contributed by atoms with Gasteiger partial charge in [0.05, 0.1) is 17.5 Å². The molecule has 1 aliphatic heterocycles. The second-order valence-electron chi connectivity index (χ2n) is 11.1. The molecule has 0 unspecified atom stereocenters. The van der Waals surface area contributed by atoms with E-state index in [0.717, 1.165) is 16.9 Å². The summed E-state index contributed by atoms with van der Waals surface area (Å²) in [6.07, 6.45) is -0.434. The number of benzene rings is 1. The Morgan fingerprint density at radius 1 is 1.14 bits per heavy atom. The molecule has 2 N–H and O–H groups in total. The molecule has 1 fully saturated rings. The van der Waals surface area contributed by atoms with Crippen LogP contribution in [0.15, 0.2) is 52.4 Å². The van der Waals surface area contributed by atoms with E-state index in [1.807, 2.05) is 68.6 Å². The van der Waals surface area contributed by atoms with Crippen LogP contribution in [0.4, 0.5) is 9.59 Å². The molecule has 2 aromatic heterocycles. The van der Waals surface area contributed by atoms with Gasteiger partial charge >= 0.3 is 12.2 Å². The molecule has 3 amide bonds. The number of alkyl carbamates (subject to hydrolysis) is 1. The van der Waals surface area contributed by atoms with Crippen molar-refractivity contribution in [3.05, 3.63) is 59.2 Å². The first kappa shape index (κ1) is 31.7. The monoisotopic (exact) mass is 611 g/mol. The van der Waals surface area contributed by atoms with Crippen molar-refractivity contribution in [2.45, 2.75) is 71.8 Å². The molecule has 4 rings (SSSR count). The molecule has 0 bridgehead atoms. The van der Waals surface area contributed by atoms with Crippen LogP contribution in [0.3, 0.4) is 0 Å². The smallest absolute Gasteiger partial charge is 0.410 e. The van der Waals surface area contributed by atoms with Gasteiger partial charge in [-0.2, -0.15) is 4.98 Å². The fourth-order valence-corrected chi connectivity index (χ4v) is 5.35. The average molecular weight is 612 g/mol. The Morgan fingerprint density at radius 3 is 2.60 bits per heavy atom. The van der Waals surface area contributed by atoms with Crippen molar-refractivity contribution >= 4 is 35.2 Å². The highest BCUT2D eigenvalue weighted by Gasteiger charge is 2.45. The number of unbranched alkanes of at least 4 members (excludes halogenated alkanes) is 1. The number of aromatic nitrogens is 2. The molecule has 13 heteroatoms. The lowest BCUT2D eigenvalue weighted by atomic mass is 9.90. The number of hydrogen-bond acceptors (Lipinski definition) is 10. The van der Waals surface area contributed by atoms with Gasteiger partial charge in [-0.1, -0.05) is 75.2 Å². The number of hydrogen-bond donors (Lipinski definition) is 2. The Hall–Kier alpha value is -4.26. The zero-order valence-corrected chi connectivity index (χ0v) is 25.5. The Kier molecular flexibility index (Phi) is 10.5. The summed E-state index contributed by atoms with van der Waals surface area (Å²) in [4.78, 5) is 58.1. The van der Waals surface area contributed by atoms with E-state index in [1.54, 1.807) is 6.92 Å². The fraction of sp³-hybridized carbons (Fsp3) is 0.467. The summed E-state index contributed by atoms with van der Waals surface area (Å²) >= 11 is 1.45. The number of Topliss-reactive ketones (excluding diaryl/α,β-unsaturated/α-hetero) is 1. The first-order valence-electron chi connectivity index (χ1n) is 14.2. The lowest BCUT2D eigenvalue weighted by Crippen LogP contribution is -2.49. The molecule has 1 aromatic carbocycles. The predicted molar refractivity (Wildman–Crippen MR) is 158 cm³/mol. The summed E-state index contributed by atoms with van der Waals surface area (Å²) in [5.41, 5.74) is 0.258. The molecule has 0 radical (unpaired) electrons. The quantitative estimate of drug-likeness (QED) is 0.273. The zero-order valence-electron chi connectivity index (χ0n) is 24.7. The van der Waals surface area contributed by atoms with Gasteiger partial charge in [0, 0.05) is 12.0 Å². The molecule has 0 saturated carbocycles. The number of likely N-dealkylation sites (tertiary alicyclic amines) is 1. The average Bonchev–Trinajstić information content (AvgIpc) is 3.75. The highest BCUT2D eigenvalue weighted by atomic mass is 32.1. The van der Waals surface area contributed by atoms with Gasteiger partial charge in [0.2, 0.25) is 11.6 Å². The number of nitrogens with zero attached hydrogens (tertiary/aromatic N) is 3. The molecule has 0 aliphatic carbocycles. The van der Waals surface area contributed by atoms with Crippen LogP contribution in [-0.4, -0.2) is 64.2 Å². The topological polar surface area (TPSA) is 153 Å². The van der Waals surface area contributed by atoms with E-state index in [2.05, 4.69) is 20.8 Å². The standard InChI is InChI=1S/C30H37N5O7S/c1-5-6-13-21(25(36)26(37)31-19(2)20-11-8-7-9-12-20)32-28(38)41-23-16-35(18-30(23,3)4)29(39)40-17-24-33-27(42-34-24)22-14-10-15-43-22/h7-12,14-15,19,21,23H,5-6,13,16-18H2,1-4H3,(H,31,37)(H,32,38)/t19-,21+,23+/m1/s1. The predicted octanol–water partition coefficient (Wildman–Crippen LogP) is 4.88. The summed E-state index contributed by atoms with van der Waals surface area (Å²) in [7, 11) is 0. The number of nitrogens with one attached hydrogen (secondary N) is 2. The van der Waals surface area contributed by atoms with E-state index < -0.39 is 41.4 Å². The van der Waals surface area contributed by atoms with Crippen molar-refractivity contribution in [1.29, 1.82) is 0 Å². The van der Waals surface area contributed by atoms with Gasteiger partial charge in [-0.05, 0) is 30.4 Å². The molecule has 1 saturated heterocycles. The number of ketones is 1. The fourth-order valence-electron chi connectivity index (χ4n) is 4.71. The van der Waals surface area contributed by atoms with E-state index in [4.69, 9.17) is 14.0 Å². The number of carbonyl (C=O) groups is 4. The number of amides is 3. The van der Waals surface area contributed by atoms with Gasteiger partial charge in [-0.3, -0.25) is 9.59 Å². The summed E-state index contributed by atoms with van der Waals surface area (Å²) in [6, 6.07) is 11.6. The molecule has 12 nitrogen and oxygen atoms in total. The second kappa shape index (κ2) is 14.3. The maximum atomic E-state index is 13.0. The van der Waals surface area contributed by atoms with Crippen LogP contribution in [0, 0.1) is 5.41 Å². The van der Waals surface area contributed by atoms with Gasteiger partial charge in [0.1, 0.15) is 12.1 Å². The summed E-state index contributed by atoms with van der Waals surface area (Å²) in [5.74, 6) is -0.945. The van der Waals surface area contributed by atoms with Crippen LogP contribution >= 0.6 is 11.3 Å². The number of ether oxygens (including phenoxy) is 2. The number of thiophene rings is 1. The summed E-state index contributed by atoms with van der Waals surface area (Å²) < 4.78 is 16.3. The summed E-state index contributed by atoms with van der Waals surface area (Å²) in [6.45, 7) is 7.65. The van der Waals surface area contributed by atoms with Crippen LogP contribution in [-0.2, 0) is 25.7 Å². The highest BCUT2D eigenvalue weighted by Crippen LogP contribution is 2.32. The van der Waals surface area contributed by atoms with Crippen LogP contribution in [0.5, 0.6) is 0 Å². The van der Waals surface area contributed by atoms with Crippen LogP contribution in [0.2, 0.25) is 0 Å². The summed E-state index contributed by atoms with van der Waals surface area (Å²) in [5, 5.41) is 11.0. The number of carbonyl (C=O) groups excluding carboxylic acids is 4. The molecule has 1 aliphatic rings. The van der Waals surface area contributed by atoms with Crippen molar-refractivity contribution in [1.82, 2.24) is 25.7 Å². The lowest BCUT2D eigenvalue weighted by Gasteiger charge is -2.26. The van der Waals surface area contributed by atoms with Gasteiger partial charge in [0.25, 0.3) is 11.8 Å². The lowest BCUT2D eigenvalue weighted by molar-refractivity contribution is -0.139. The van der Waals surface area contributed by atoms with Crippen LogP contribution in [0.25, 0.3) is 10.8 Å². The van der Waals surface area contributed by atoms with Gasteiger partial charge < -0.3 is 29.5 Å². The molecule has 43 heavy (non-hydrogen) atoms. The molecule has 3 aromatic rings. The first-order valence-corrected chi connectivity index (χ1v) is 15.1. The van der Waals surface area contributed by atoms with Crippen molar-refractivity contribution in [2.24, 2.45) is 5.41 Å². The van der Waals surface area contributed by atoms with E-state index in [0.29, 0.717) is 12.3 Å². The third-order valence-corrected chi connectivity index (χ3v) is 8.07. The minimum absolute atomic E-state index is 0.0919. The van der Waals surface area contributed by atoms with Crippen molar-refractivity contribution in [2.75, 3.05) is 13.1 Å². The minimum Gasteiger partial charge on any atom is -0.444 e. The molecular weight excluding hydrogens is 574 g/mol. The van der Waals surface area contributed by atoms with Crippen molar-refractivity contribution < 1.29 is 33.2 Å². The van der Waals surface area contributed by atoms with Crippen molar-refractivity contribution in [3.63, 3.8) is 0 Å². The SMILES string of the molecule is CCCC[C@H](NC(=O)O[C@H]1CN(C(=O)OCc2noc(-c3cccs3)n2)CC1(C)C)C(=O)C(=O)N[C@H](C)c1ccccc1.